The van der Waals surface area contributed by atoms with E-state index in [-0.39, 0.29) is 17.6 Å². The molecule has 5 nitrogen and oxygen atoms in total. The van der Waals surface area contributed by atoms with Crippen LogP contribution in [0.15, 0.2) is 42.5 Å². The highest BCUT2D eigenvalue weighted by Gasteiger charge is 2.26. The third kappa shape index (κ3) is 7.78. The first-order valence-corrected chi connectivity index (χ1v) is 13.3. The van der Waals surface area contributed by atoms with Crippen LogP contribution in [0.3, 0.4) is 0 Å². The predicted molar refractivity (Wildman–Crippen MR) is 147 cm³/mol. The minimum atomic E-state index is 0.124. The summed E-state index contributed by atoms with van der Waals surface area (Å²) in [6, 6.07) is 14.4. The topological polar surface area (TPSA) is 73.3 Å². The van der Waals surface area contributed by atoms with Crippen LogP contribution >= 0.6 is 0 Å². The van der Waals surface area contributed by atoms with Crippen LogP contribution in [0.2, 0.25) is 0 Å². The van der Waals surface area contributed by atoms with E-state index < -0.39 is 0 Å². The lowest BCUT2D eigenvalue weighted by atomic mass is 9.97. The highest BCUT2D eigenvalue weighted by atomic mass is 16.2. The van der Waals surface area contributed by atoms with Crippen LogP contribution in [-0.4, -0.2) is 31.5 Å². The lowest BCUT2D eigenvalue weighted by molar-refractivity contribution is -0.122. The molecule has 0 aliphatic heterocycles. The van der Waals surface area contributed by atoms with Gasteiger partial charge in [0.25, 0.3) is 0 Å². The summed E-state index contributed by atoms with van der Waals surface area (Å²) in [6.45, 7) is 2.38. The van der Waals surface area contributed by atoms with Crippen molar-refractivity contribution < 1.29 is 9.59 Å². The third-order valence-electron chi connectivity index (χ3n) is 7.12. The second-order valence-electron chi connectivity index (χ2n) is 9.79. The van der Waals surface area contributed by atoms with E-state index in [1.807, 2.05) is 24.1 Å². The number of hydrogen-bond acceptors (Lipinski definition) is 4. The number of rotatable bonds is 12. The monoisotopic (exact) mass is 475 g/mol. The van der Waals surface area contributed by atoms with Gasteiger partial charge in [-0.05, 0) is 68.0 Å². The van der Waals surface area contributed by atoms with Crippen molar-refractivity contribution in [2.45, 2.75) is 77.6 Å². The Kier molecular flexibility index (Phi) is 10.5. The summed E-state index contributed by atoms with van der Waals surface area (Å²) in [7, 11) is 1.86. The van der Waals surface area contributed by atoms with Crippen molar-refractivity contribution in [1.82, 2.24) is 0 Å². The fourth-order valence-electron chi connectivity index (χ4n) is 5.03. The van der Waals surface area contributed by atoms with E-state index in [2.05, 4.69) is 35.6 Å². The molecular formula is C30H41N3O2. The molecule has 0 saturated heterocycles. The molecule has 0 aromatic heterocycles. The van der Waals surface area contributed by atoms with Crippen LogP contribution in [-0.2, 0) is 9.59 Å². The molecule has 5 heteroatoms. The van der Waals surface area contributed by atoms with E-state index in [0.29, 0.717) is 6.42 Å². The van der Waals surface area contributed by atoms with Gasteiger partial charge in [0.15, 0.2) is 0 Å². The molecule has 1 amide bonds. The van der Waals surface area contributed by atoms with Gasteiger partial charge in [-0.1, -0.05) is 56.7 Å². The smallest absolute Gasteiger partial charge is 0.230 e. The molecule has 2 aromatic carbocycles. The van der Waals surface area contributed by atoms with Crippen LogP contribution in [0.25, 0.3) is 11.1 Å². The highest BCUT2D eigenvalue weighted by molar-refractivity contribution is 5.95. The zero-order valence-corrected chi connectivity index (χ0v) is 21.4. The van der Waals surface area contributed by atoms with Gasteiger partial charge in [0.2, 0.25) is 5.91 Å². The number of nitrogens with one attached hydrogen (secondary N) is 2. The second kappa shape index (κ2) is 13.8. The van der Waals surface area contributed by atoms with E-state index in [4.69, 9.17) is 5.41 Å². The number of Topliss-reactive ketones (excluding diaryl/α,β-unsaturated/α-hetero) is 1. The van der Waals surface area contributed by atoms with Gasteiger partial charge in [-0.3, -0.25) is 4.79 Å². The van der Waals surface area contributed by atoms with Crippen molar-refractivity contribution in [3.63, 3.8) is 0 Å². The summed E-state index contributed by atoms with van der Waals surface area (Å²) in [6.07, 6.45) is 12.7. The van der Waals surface area contributed by atoms with Crippen LogP contribution in [0, 0.1) is 11.3 Å². The lowest BCUT2D eigenvalue weighted by Gasteiger charge is -2.27. The minimum Gasteiger partial charge on any atom is -0.388 e. The summed E-state index contributed by atoms with van der Waals surface area (Å²) in [4.78, 5) is 26.8. The van der Waals surface area contributed by atoms with Gasteiger partial charge < -0.3 is 20.4 Å². The average Bonchev–Trinajstić information content (AvgIpc) is 3.17. The molecular weight excluding hydrogens is 434 g/mol. The molecule has 0 spiro atoms. The van der Waals surface area contributed by atoms with Crippen molar-refractivity contribution in [2.75, 3.05) is 23.8 Å². The molecule has 1 fully saturated rings. The van der Waals surface area contributed by atoms with Crippen LogP contribution < -0.4 is 10.2 Å². The van der Waals surface area contributed by atoms with Crippen molar-refractivity contribution >= 4 is 29.3 Å². The molecule has 1 aliphatic rings. The Labute approximate surface area is 210 Å². The molecule has 1 saturated carbocycles. The van der Waals surface area contributed by atoms with Crippen molar-refractivity contribution in [3.8, 4) is 11.1 Å². The largest absolute Gasteiger partial charge is 0.388 e. The zero-order valence-electron chi connectivity index (χ0n) is 21.4. The molecule has 0 unspecified atom stereocenters. The molecule has 188 valence electrons. The summed E-state index contributed by atoms with van der Waals surface area (Å²) in [5.74, 6) is 0.649. The number of hydrogen-bond donors (Lipinski definition) is 2. The average molecular weight is 476 g/mol. The number of carbonyl (C=O) groups is 2. The molecule has 2 N–H and O–H groups in total. The van der Waals surface area contributed by atoms with Crippen LogP contribution in [0.5, 0.6) is 0 Å². The molecule has 0 bridgehead atoms. The number of amides is 1. The van der Waals surface area contributed by atoms with Crippen molar-refractivity contribution in [1.29, 1.82) is 5.41 Å². The van der Waals surface area contributed by atoms with Crippen LogP contribution in [0.4, 0.5) is 11.4 Å². The second-order valence-corrected chi connectivity index (χ2v) is 9.79. The Bertz CT molecular complexity index is 976. The van der Waals surface area contributed by atoms with E-state index in [1.54, 1.807) is 6.92 Å². The SMILES string of the molecule is CNc1ccc(-c2ccc(N(CCCCCCC(C)=O)C(=O)C3CCCCCC3)cc2)cc1C=N. The van der Waals surface area contributed by atoms with Gasteiger partial charge in [0.05, 0.1) is 0 Å². The normalized spacial score (nSPS) is 14.2. The highest BCUT2D eigenvalue weighted by Crippen LogP contribution is 2.30. The van der Waals surface area contributed by atoms with Crippen LogP contribution in [0.1, 0.15) is 83.1 Å². The number of carbonyl (C=O) groups excluding carboxylic acids is 2. The Morgan fingerprint density at radius 2 is 1.60 bits per heavy atom. The fourth-order valence-corrected chi connectivity index (χ4v) is 5.03. The summed E-state index contributed by atoms with van der Waals surface area (Å²) >= 11 is 0. The Morgan fingerprint density at radius 3 is 2.23 bits per heavy atom. The molecule has 35 heavy (non-hydrogen) atoms. The first-order chi connectivity index (χ1) is 17.0. The predicted octanol–water partition coefficient (Wildman–Crippen LogP) is 7.24. The van der Waals surface area contributed by atoms with E-state index in [1.165, 1.54) is 19.1 Å². The van der Waals surface area contributed by atoms with Gasteiger partial charge in [-0.25, -0.2) is 0 Å². The van der Waals surface area contributed by atoms with Crippen molar-refractivity contribution in [2.24, 2.45) is 5.92 Å². The lowest BCUT2D eigenvalue weighted by Crippen LogP contribution is -2.37. The van der Waals surface area contributed by atoms with Gasteiger partial charge in [-0.15, -0.1) is 0 Å². The molecule has 0 radical (unpaired) electrons. The number of anilines is 2. The Morgan fingerprint density at radius 1 is 0.943 bits per heavy atom. The summed E-state index contributed by atoms with van der Waals surface area (Å²) < 4.78 is 0. The summed E-state index contributed by atoms with van der Waals surface area (Å²) in [5.41, 5.74) is 4.88. The first kappa shape index (κ1) is 26.7. The van der Waals surface area contributed by atoms with Crippen molar-refractivity contribution in [3.05, 3.63) is 48.0 Å². The molecule has 3 rings (SSSR count). The standard InChI is InChI=1S/C30H41N3O2/c1-23(34)11-7-5-6-10-20-33(30(35)25-12-8-3-4-9-13-25)28-17-14-24(15-18-28)26-16-19-29(32-2)27(21-26)22-31/h14-19,21-22,25,31-32H,3-13,20H2,1-2H3. The van der Waals surface area contributed by atoms with Gasteiger partial charge >= 0.3 is 0 Å². The van der Waals surface area contributed by atoms with Gasteiger partial charge in [0, 0.05) is 49.1 Å². The third-order valence-corrected chi connectivity index (χ3v) is 7.12. The zero-order chi connectivity index (χ0) is 25.0. The maximum atomic E-state index is 13.6. The number of nitrogens with zero attached hydrogens (tertiary/aromatic N) is 1. The van der Waals surface area contributed by atoms with Gasteiger partial charge in [0.1, 0.15) is 5.78 Å². The molecule has 2 aromatic rings. The Hall–Kier alpha value is -2.95. The number of ketones is 1. The first-order valence-electron chi connectivity index (χ1n) is 13.3. The molecule has 1 aliphatic carbocycles. The minimum absolute atomic E-state index is 0.124. The van der Waals surface area contributed by atoms with Gasteiger partial charge in [-0.2, -0.15) is 0 Å². The quantitative estimate of drug-likeness (QED) is 0.193. The fraction of sp³-hybridized carbons (Fsp3) is 0.500. The molecule has 0 atom stereocenters. The maximum Gasteiger partial charge on any atom is 0.230 e. The van der Waals surface area contributed by atoms with E-state index in [0.717, 1.165) is 86.0 Å². The number of benzene rings is 2. The van der Waals surface area contributed by atoms with E-state index >= 15 is 0 Å². The Balaban J connectivity index is 1.74. The van der Waals surface area contributed by atoms with E-state index in [9.17, 15) is 9.59 Å². The maximum absolute atomic E-state index is 13.6. The number of unbranched alkanes of at least 4 members (excludes halogenated alkanes) is 3. The summed E-state index contributed by atoms with van der Waals surface area (Å²) in [5, 5.41) is 10.8. The molecule has 0 heterocycles.